The van der Waals surface area contributed by atoms with Crippen LogP contribution in [-0.4, -0.2) is 95.6 Å². The minimum atomic E-state index is -4.30. The number of nitrogens with zero attached hydrogens (tertiary/aromatic N) is 7. The fraction of sp³-hybridized carbons (Fsp3) is 0.444. The van der Waals surface area contributed by atoms with Crippen LogP contribution in [0.15, 0.2) is 107 Å². The molecule has 3 N–H and O–H groups in total. The summed E-state index contributed by atoms with van der Waals surface area (Å²) in [6.45, 7) is 20.4. The summed E-state index contributed by atoms with van der Waals surface area (Å²) in [6, 6.07) is 18.2. The summed E-state index contributed by atoms with van der Waals surface area (Å²) in [5, 5.41) is 12.0. The number of rotatable bonds is 15. The molecule has 6 aromatic rings. The molecule has 18 nitrogen and oxygen atoms in total. The lowest BCUT2D eigenvalue weighted by molar-refractivity contribution is 0.0972. The fourth-order valence-electron chi connectivity index (χ4n) is 9.07. The van der Waals surface area contributed by atoms with E-state index in [1.54, 1.807) is 41.3 Å². The topological polar surface area (TPSA) is 222 Å². The van der Waals surface area contributed by atoms with Gasteiger partial charge in [0.25, 0.3) is 31.9 Å². The van der Waals surface area contributed by atoms with Crippen molar-refractivity contribution in [2.75, 3.05) is 31.2 Å². The third kappa shape index (κ3) is 16.8. The van der Waals surface area contributed by atoms with Crippen molar-refractivity contribution in [2.45, 2.75) is 115 Å². The normalized spacial score (nSPS) is 18.7. The van der Waals surface area contributed by atoms with Gasteiger partial charge in [-0.1, -0.05) is 51.4 Å². The maximum Gasteiger partial charge on any atom is 0.268 e. The summed E-state index contributed by atoms with van der Waals surface area (Å²) in [5.74, 6) is -0.00525. The third-order valence-corrected chi connectivity index (χ3v) is 16.9. The predicted molar refractivity (Wildman–Crippen MR) is 315 cm³/mol. The molecule has 436 valence electrons. The molecule has 2 amide bonds. The summed E-state index contributed by atoms with van der Waals surface area (Å²) in [6.07, 6.45) is 10.1. The van der Waals surface area contributed by atoms with Crippen molar-refractivity contribution in [1.29, 1.82) is 0 Å². The Labute approximate surface area is 492 Å². The van der Waals surface area contributed by atoms with E-state index in [2.05, 4.69) is 80.6 Å². The van der Waals surface area contributed by atoms with Crippen LogP contribution in [0.5, 0.6) is 11.8 Å². The Bertz CT molecular complexity index is 3400. The Morgan fingerprint density at radius 1 is 0.675 bits per heavy atom. The predicted octanol–water partition coefficient (Wildman–Crippen LogP) is 9.73. The molecule has 4 fully saturated rings. The average Bonchev–Trinajstić information content (AvgIpc) is 3.95. The van der Waals surface area contributed by atoms with E-state index in [1.165, 1.54) is 54.0 Å². The molecule has 2 aliphatic heterocycles. The first kappa shape index (κ1) is 65.3. The molecule has 6 heterocycles. The van der Waals surface area contributed by atoms with E-state index in [9.17, 15) is 35.2 Å². The lowest BCUT2D eigenvalue weighted by Gasteiger charge is -2.34. The molecular weight excluding hydrogens is 1150 g/mol. The Balaban J connectivity index is 0.000000253. The Morgan fingerprint density at radius 2 is 1.14 bits per heavy atom. The van der Waals surface area contributed by atoms with E-state index < -0.39 is 43.5 Å². The number of sulfonamides is 2. The average molecular weight is 1220 g/mol. The van der Waals surface area contributed by atoms with E-state index >= 15 is 0 Å². The summed E-state index contributed by atoms with van der Waals surface area (Å²) in [5.41, 5.74) is 0.469. The van der Waals surface area contributed by atoms with Crippen LogP contribution in [-0.2, 0) is 20.0 Å². The molecule has 10 rings (SSSR count). The molecule has 2 saturated heterocycles. The minimum absolute atomic E-state index is 0. The van der Waals surface area contributed by atoms with Crippen LogP contribution in [0.1, 0.15) is 115 Å². The molecule has 2 atom stereocenters. The number of anilines is 1. The first-order chi connectivity index (χ1) is 36.1. The van der Waals surface area contributed by atoms with Crippen molar-refractivity contribution < 1.29 is 44.7 Å². The number of nitrogens with one attached hydrogen (secondary N) is 3. The van der Waals surface area contributed by atoms with Crippen LogP contribution >= 0.6 is 51.0 Å². The second-order valence-electron chi connectivity index (χ2n) is 22.5. The smallest absolute Gasteiger partial charge is 0.268 e. The van der Waals surface area contributed by atoms with Crippen molar-refractivity contribution in [3.63, 3.8) is 0 Å². The van der Waals surface area contributed by atoms with Gasteiger partial charge in [-0.15, -0.1) is 22.6 Å². The molecule has 80 heavy (non-hydrogen) atoms. The second kappa shape index (κ2) is 25.7. The van der Waals surface area contributed by atoms with Crippen LogP contribution in [0, 0.1) is 34.3 Å². The Morgan fingerprint density at radius 3 is 1.52 bits per heavy atom. The third-order valence-electron chi connectivity index (χ3n) is 13.9. The standard InChI is InChI=1S/C27H32FN5O4S.C20H18ClFN4O4S.C7H15N.ClH.2H2S/c1-18-15-26(2,3)32(16-18)24-21(25(34)31-38(35,36)20-7-5-6-19(28)14-20)8-9-22(29-24)33-13-10-23(30-33)37-17-27(4)11-12-27;1-20(8-9-20)12-30-17-7-10-26(24-17)16-6-5-15(18(21)23-16)19(27)25-31(28,29)14-4-2-3-13(22)11-14;1-6-4-7(2,3)8-5-6;;;/h5-10,13-14,18H,11-12,15-17H2,1-4H3,(H,31,34);2-7,10-11H,8-9,12H2,1H3,(H,25,27);6,8H,4-5H2,1-3H3;1H;2*1H2/t18-;;6-;;;/m0.0.../s1. The van der Waals surface area contributed by atoms with Crippen LogP contribution in [0.4, 0.5) is 14.6 Å². The van der Waals surface area contributed by atoms with Gasteiger partial charge in [0.2, 0.25) is 11.8 Å². The van der Waals surface area contributed by atoms with Gasteiger partial charge in [-0.05, 0) is 145 Å². The minimum Gasteiger partial charge on any atom is -0.476 e. The molecule has 0 radical (unpaired) electrons. The number of carbonyl (C=O) groups excluding carboxylic acids is 2. The Hall–Kier alpha value is -5.50. The maximum atomic E-state index is 13.7. The highest BCUT2D eigenvalue weighted by Gasteiger charge is 2.41. The molecule has 0 bridgehead atoms. The zero-order valence-corrected chi connectivity index (χ0v) is 50.9. The van der Waals surface area contributed by atoms with Gasteiger partial charge in [-0.3, -0.25) is 9.59 Å². The largest absolute Gasteiger partial charge is 0.476 e. The quantitative estimate of drug-likeness (QED) is 0.0815. The molecule has 4 aliphatic rings. The van der Waals surface area contributed by atoms with Gasteiger partial charge in [0.15, 0.2) is 11.6 Å². The maximum absolute atomic E-state index is 13.7. The number of pyridine rings is 2. The number of aromatic nitrogens is 6. The molecule has 0 unspecified atom stereocenters. The number of hydrogen-bond donors (Lipinski definition) is 3. The summed E-state index contributed by atoms with van der Waals surface area (Å²) in [4.78, 5) is 36.0. The highest BCUT2D eigenvalue weighted by atomic mass is 35.5. The monoisotopic (exact) mass is 1220 g/mol. The zero-order valence-electron chi connectivity index (χ0n) is 45.7. The Kier molecular flexibility index (Phi) is 21.0. The van der Waals surface area contributed by atoms with Crippen molar-refractivity contribution in [3.8, 4) is 23.4 Å². The molecule has 2 saturated carbocycles. The molecular formula is C54H70Cl2F2N10O8S4. The highest BCUT2D eigenvalue weighted by molar-refractivity contribution is 7.90. The van der Waals surface area contributed by atoms with Gasteiger partial charge >= 0.3 is 0 Å². The van der Waals surface area contributed by atoms with Crippen LogP contribution < -0.4 is 29.1 Å². The first-order valence-corrected chi connectivity index (χ1v) is 28.7. The molecule has 26 heteroatoms. The van der Waals surface area contributed by atoms with E-state index in [-0.39, 0.29) is 81.8 Å². The number of carbonyl (C=O) groups is 2. The highest BCUT2D eigenvalue weighted by Crippen LogP contribution is 2.46. The fourth-order valence-corrected chi connectivity index (χ4v) is 11.3. The zero-order chi connectivity index (χ0) is 55.7. The SMILES string of the molecule is CC1(COc2ccn(-c3ccc(C(=O)NS(=O)(=O)c4cccc(F)c4)c(Cl)n3)n2)CC1.C[C@@H]1CN(c2nc(-n3ccc(OCC4(C)CC4)n3)ccc2C(=O)NS(=O)(=O)c2cccc(F)c2)C(C)(C)C1.C[C@@H]1CNC(C)(C)C1.Cl.S.S. The number of benzene rings is 2. The molecule has 2 aliphatic carbocycles. The summed E-state index contributed by atoms with van der Waals surface area (Å²) >= 11 is 6.11. The van der Waals surface area contributed by atoms with E-state index in [4.69, 9.17) is 26.1 Å². The van der Waals surface area contributed by atoms with Crippen molar-refractivity contribution in [1.82, 2.24) is 44.3 Å². The van der Waals surface area contributed by atoms with Gasteiger partial charge < -0.3 is 19.7 Å². The number of hydrogen-bond acceptors (Lipinski definition) is 14. The van der Waals surface area contributed by atoms with E-state index in [0.29, 0.717) is 60.4 Å². The lowest BCUT2D eigenvalue weighted by Crippen LogP contribution is -2.41. The van der Waals surface area contributed by atoms with Gasteiger partial charge in [0.05, 0.1) is 34.1 Å². The number of halogens is 4. The van der Waals surface area contributed by atoms with Crippen molar-refractivity contribution >= 4 is 88.7 Å². The summed E-state index contributed by atoms with van der Waals surface area (Å²) in [7, 11) is -8.58. The molecule has 4 aromatic heterocycles. The molecule has 2 aromatic carbocycles. The van der Waals surface area contributed by atoms with Gasteiger partial charge in [-0.25, -0.2) is 54.4 Å². The van der Waals surface area contributed by atoms with E-state index in [1.807, 2.05) is 9.62 Å². The van der Waals surface area contributed by atoms with Gasteiger partial charge in [0.1, 0.15) is 22.6 Å². The number of amides is 2. The van der Waals surface area contributed by atoms with Gasteiger partial charge in [0, 0.05) is 53.0 Å². The van der Waals surface area contributed by atoms with Crippen molar-refractivity contribution in [3.05, 3.63) is 125 Å². The molecule has 0 spiro atoms. The lowest BCUT2D eigenvalue weighted by atomic mass is 9.97. The van der Waals surface area contributed by atoms with Crippen LogP contribution in [0.2, 0.25) is 5.15 Å². The van der Waals surface area contributed by atoms with Gasteiger partial charge in [-0.2, -0.15) is 27.0 Å². The number of ether oxygens (including phenoxy) is 2. The second-order valence-corrected chi connectivity index (χ2v) is 26.3. The summed E-state index contributed by atoms with van der Waals surface area (Å²) < 4.78 is 95.8. The van der Waals surface area contributed by atoms with Crippen LogP contribution in [0.25, 0.3) is 11.6 Å². The first-order valence-electron chi connectivity index (χ1n) is 25.3. The van der Waals surface area contributed by atoms with Crippen LogP contribution in [0.3, 0.4) is 0 Å². The van der Waals surface area contributed by atoms with E-state index in [0.717, 1.165) is 62.3 Å². The van der Waals surface area contributed by atoms with Crippen molar-refractivity contribution in [2.24, 2.45) is 22.7 Å².